The van der Waals surface area contributed by atoms with E-state index < -0.39 is 0 Å². The molecule has 1 aliphatic rings. The molecule has 0 aromatic heterocycles. The van der Waals surface area contributed by atoms with E-state index in [4.69, 9.17) is 4.74 Å². The van der Waals surface area contributed by atoms with Gasteiger partial charge in [-0.05, 0) is 61.4 Å². The van der Waals surface area contributed by atoms with Crippen LogP contribution in [0.5, 0.6) is 5.75 Å². The molecule has 0 N–H and O–H groups in total. The highest BCUT2D eigenvalue weighted by Crippen LogP contribution is 2.29. The molecule has 0 bridgehead atoms. The highest BCUT2D eigenvalue weighted by molar-refractivity contribution is 5.72. The Morgan fingerprint density at radius 2 is 1.83 bits per heavy atom. The summed E-state index contributed by atoms with van der Waals surface area (Å²) in [5.41, 5.74) is 5.95. The fraction of sp³-hybridized carbons (Fsp3) is 0.273. The van der Waals surface area contributed by atoms with Crippen LogP contribution in [0.25, 0.3) is 5.57 Å². The molecule has 116 valence electrons. The average Bonchev–Trinajstić information content (AvgIpc) is 2.61. The Morgan fingerprint density at radius 3 is 2.61 bits per heavy atom. The van der Waals surface area contributed by atoms with Crippen molar-refractivity contribution in [2.75, 3.05) is 7.11 Å². The molecular weight excluding hydrogens is 280 g/mol. The van der Waals surface area contributed by atoms with Gasteiger partial charge in [-0.15, -0.1) is 0 Å². The van der Waals surface area contributed by atoms with Crippen LogP contribution >= 0.6 is 0 Å². The van der Waals surface area contributed by atoms with Crippen molar-refractivity contribution >= 4 is 5.57 Å². The fourth-order valence-corrected chi connectivity index (χ4v) is 3.06. The standard InChI is InChI=1S/C22H22O/c1-17-9-8-14-22(23-2)20(17)16-15-19-12-6-7-13-21(19)18-10-4-3-5-11-18/h6-10,12-14H,3-5,11H2,1-2H3. The molecule has 3 rings (SSSR count). The minimum Gasteiger partial charge on any atom is -0.495 e. The van der Waals surface area contributed by atoms with Gasteiger partial charge in [-0.3, -0.25) is 0 Å². The van der Waals surface area contributed by atoms with E-state index in [1.54, 1.807) is 7.11 Å². The summed E-state index contributed by atoms with van der Waals surface area (Å²) in [6, 6.07) is 14.5. The molecule has 0 saturated carbocycles. The van der Waals surface area contributed by atoms with E-state index >= 15 is 0 Å². The molecule has 0 unspecified atom stereocenters. The molecule has 23 heavy (non-hydrogen) atoms. The smallest absolute Gasteiger partial charge is 0.134 e. The lowest BCUT2D eigenvalue weighted by Crippen LogP contribution is -1.95. The maximum atomic E-state index is 5.45. The summed E-state index contributed by atoms with van der Waals surface area (Å²) in [5, 5.41) is 0. The van der Waals surface area contributed by atoms with Gasteiger partial charge in [0, 0.05) is 5.56 Å². The SMILES string of the molecule is COc1cccc(C)c1C#Cc1ccccc1C1=CCCCC1. The molecule has 2 aromatic carbocycles. The number of allylic oxidation sites excluding steroid dienone is 2. The Hall–Kier alpha value is -2.46. The summed E-state index contributed by atoms with van der Waals surface area (Å²) in [4.78, 5) is 0. The molecule has 0 atom stereocenters. The monoisotopic (exact) mass is 302 g/mol. The lowest BCUT2D eigenvalue weighted by atomic mass is 9.91. The van der Waals surface area contributed by atoms with Crippen molar-refractivity contribution < 1.29 is 4.74 Å². The number of rotatable bonds is 2. The van der Waals surface area contributed by atoms with E-state index in [2.05, 4.69) is 55.2 Å². The highest BCUT2D eigenvalue weighted by atomic mass is 16.5. The first kappa shape index (κ1) is 15.4. The summed E-state index contributed by atoms with van der Waals surface area (Å²) in [6.07, 6.45) is 7.30. The summed E-state index contributed by atoms with van der Waals surface area (Å²) in [5.74, 6) is 7.54. The molecule has 1 heteroatoms. The van der Waals surface area contributed by atoms with Gasteiger partial charge < -0.3 is 4.74 Å². The Kier molecular flexibility index (Phi) is 4.83. The van der Waals surface area contributed by atoms with Crippen LogP contribution in [0.15, 0.2) is 48.5 Å². The van der Waals surface area contributed by atoms with Gasteiger partial charge in [0.1, 0.15) is 5.75 Å². The molecule has 0 amide bonds. The van der Waals surface area contributed by atoms with Gasteiger partial charge >= 0.3 is 0 Å². The van der Waals surface area contributed by atoms with Gasteiger partial charge in [0.15, 0.2) is 0 Å². The van der Waals surface area contributed by atoms with Crippen LogP contribution in [0.1, 0.15) is 47.9 Å². The number of hydrogen-bond acceptors (Lipinski definition) is 1. The van der Waals surface area contributed by atoms with Gasteiger partial charge in [-0.2, -0.15) is 0 Å². The molecular formula is C22H22O. The van der Waals surface area contributed by atoms with Crippen LogP contribution in [0.3, 0.4) is 0 Å². The zero-order valence-corrected chi connectivity index (χ0v) is 13.9. The number of benzene rings is 2. The van der Waals surface area contributed by atoms with Crippen molar-refractivity contribution in [2.24, 2.45) is 0 Å². The van der Waals surface area contributed by atoms with Crippen molar-refractivity contribution in [3.8, 4) is 17.6 Å². The van der Waals surface area contributed by atoms with Crippen LogP contribution in [0.4, 0.5) is 0 Å². The molecule has 0 heterocycles. The second kappa shape index (κ2) is 7.20. The Balaban J connectivity index is 2.01. The van der Waals surface area contributed by atoms with Gasteiger partial charge in [0.05, 0.1) is 12.7 Å². The van der Waals surface area contributed by atoms with Gasteiger partial charge in [-0.25, -0.2) is 0 Å². The lowest BCUT2D eigenvalue weighted by molar-refractivity contribution is 0.413. The second-order valence-corrected chi connectivity index (χ2v) is 5.92. The largest absolute Gasteiger partial charge is 0.495 e. The van der Waals surface area contributed by atoms with Gasteiger partial charge in [-0.1, -0.05) is 48.2 Å². The summed E-state index contributed by atoms with van der Waals surface area (Å²) in [7, 11) is 1.70. The molecule has 0 saturated heterocycles. The minimum absolute atomic E-state index is 0.840. The molecule has 1 aliphatic carbocycles. The summed E-state index contributed by atoms with van der Waals surface area (Å²) >= 11 is 0. The van der Waals surface area contributed by atoms with Crippen molar-refractivity contribution in [2.45, 2.75) is 32.6 Å². The second-order valence-electron chi connectivity index (χ2n) is 5.92. The maximum Gasteiger partial charge on any atom is 0.134 e. The quantitative estimate of drug-likeness (QED) is 0.678. The van der Waals surface area contributed by atoms with E-state index in [1.165, 1.54) is 30.4 Å². The molecule has 1 nitrogen and oxygen atoms in total. The van der Waals surface area contributed by atoms with Gasteiger partial charge in [0.25, 0.3) is 0 Å². The zero-order chi connectivity index (χ0) is 16.1. The number of aryl methyl sites for hydroxylation is 1. The van der Waals surface area contributed by atoms with Crippen molar-refractivity contribution in [3.05, 3.63) is 70.8 Å². The fourth-order valence-electron chi connectivity index (χ4n) is 3.06. The van der Waals surface area contributed by atoms with E-state index in [1.807, 2.05) is 12.1 Å². The topological polar surface area (TPSA) is 9.23 Å². The van der Waals surface area contributed by atoms with Crippen LogP contribution in [-0.2, 0) is 0 Å². The Bertz CT molecular complexity index is 787. The van der Waals surface area contributed by atoms with E-state index in [0.29, 0.717) is 0 Å². The highest BCUT2D eigenvalue weighted by Gasteiger charge is 2.09. The molecule has 0 fully saturated rings. The normalized spacial score (nSPS) is 13.7. The van der Waals surface area contributed by atoms with Crippen molar-refractivity contribution in [1.82, 2.24) is 0 Å². The lowest BCUT2D eigenvalue weighted by Gasteiger charge is -2.14. The average molecular weight is 302 g/mol. The molecule has 0 spiro atoms. The molecule has 2 aromatic rings. The third-order valence-electron chi connectivity index (χ3n) is 4.34. The summed E-state index contributed by atoms with van der Waals surface area (Å²) < 4.78 is 5.45. The van der Waals surface area contributed by atoms with Crippen LogP contribution in [-0.4, -0.2) is 7.11 Å². The molecule has 0 aliphatic heterocycles. The Labute approximate surface area is 139 Å². The third-order valence-corrected chi connectivity index (χ3v) is 4.34. The first-order valence-corrected chi connectivity index (χ1v) is 8.23. The van der Waals surface area contributed by atoms with Crippen molar-refractivity contribution in [1.29, 1.82) is 0 Å². The number of methoxy groups -OCH3 is 1. The Morgan fingerprint density at radius 1 is 0.957 bits per heavy atom. The number of ether oxygens (including phenoxy) is 1. The van der Waals surface area contributed by atoms with Crippen LogP contribution < -0.4 is 4.74 Å². The number of hydrogen-bond donors (Lipinski definition) is 0. The first-order valence-electron chi connectivity index (χ1n) is 8.23. The van der Waals surface area contributed by atoms with Crippen LogP contribution in [0.2, 0.25) is 0 Å². The van der Waals surface area contributed by atoms with Crippen LogP contribution in [0, 0.1) is 18.8 Å². The zero-order valence-electron chi connectivity index (χ0n) is 13.9. The van der Waals surface area contributed by atoms with E-state index in [0.717, 1.165) is 28.9 Å². The predicted octanol–water partition coefficient (Wildman–Crippen LogP) is 5.36. The molecule has 0 radical (unpaired) electrons. The van der Waals surface area contributed by atoms with Crippen molar-refractivity contribution in [3.63, 3.8) is 0 Å². The summed E-state index contributed by atoms with van der Waals surface area (Å²) in [6.45, 7) is 2.07. The first-order chi connectivity index (χ1) is 11.3. The third kappa shape index (κ3) is 3.48. The van der Waals surface area contributed by atoms with E-state index in [-0.39, 0.29) is 0 Å². The van der Waals surface area contributed by atoms with E-state index in [9.17, 15) is 0 Å². The maximum absolute atomic E-state index is 5.45. The predicted molar refractivity (Wildman–Crippen MR) is 96.6 cm³/mol. The minimum atomic E-state index is 0.840. The van der Waals surface area contributed by atoms with Gasteiger partial charge in [0.2, 0.25) is 0 Å².